The number of piperidine rings is 1. The number of halogens is 1. The van der Waals surface area contributed by atoms with Crippen LogP contribution in [0.15, 0.2) is 39.5 Å². The molecule has 5 rings (SSSR count). The standard InChI is InChI=1S/C23H24FN3O5/c24-14-5-6-18-16(12-14)21(29)27(23(31)25-18)15-7-9-26(10-8-15)20(28)17-11-13-3-1-2-4-19(13)32-22(17)30/h1-4,11,14-16,18H,5-10,12H2,(H,25,31). The molecular weight excluding hydrogens is 417 g/mol. The first-order valence-electron chi connectivity index (χ1n) is 11.0. The largest absolute Gasteiger partial charge is 0.422 e. The zero-order valence-corrected chi connectivity index (χ0v) is 17.5. The predicted octanol–water partition coefficient (Wildman–Crippen LogP) is 2.46. The minimum Gasteiger partial charge on any atom is -0.422 e. The lowest BCUT2D eigenvalue weighted by atomic mass is 9.80. The third-order valence-electron chi connectivity index (χ3n) is 6.86. The number of nitrogens with zero attached hydrogens (tertiary/aromatic N) is 2. The van der Waals surface area contributed by atoms with Gasteiger partial charge in [-0.25, -0.2) is 14.0 Å². The van der Waals surface area contributed by atoms with E-state index in [1.54, 1.807) is 29.2 Å². The zero-order valence-electron chi connectivity index (χ0n) is 17.5. The van der Waals surface area contributed by atoms with Crippen molar-refractivity contribution in [3.05, 3.63) is 46.3 Å². The van der Waals surface area contributed by atoms with Gasteiger partial charge in [0.05, 0.1) is 5.92 Å². The van der Waals surface area contributed by atoms with Crippen LogP contribution in [0.3, 0.4) is 0 Å². The van der Waals surface area contributed by atoms with E-state index >= 15 is 0 Å². The monoisotopic (exact) mass is 441 g/mol. The number of rotatable bonds is 2. The second-order valence-electron chi connectivity index (χ2n) is 8.79. The molecule has 168 valence electrons. The number of hydrogen-bond acceptors (Lipinski definition) is 5. The minimum atomic E-state index is -1.02. The lowest BCUT2D eigenvalue weighted by Gasteiger charge is -2.45. The van der Waals surface area contributed by atoms with Crippen molar-refractivity contribution in [1.29, 1.82) is 0 Å². The molecule has 1 aliphatic carbocycles. The number of amides is 4. The van der Waals surface area contributed by atoms with Gasteiger partial charge >= 0.3 is 11.7 Å². The summed E-state index contributed by atoms with van der Waals surface area (Å²) in [4.78, 5) is 53.7. The van der Waals surface area contributed by atoms with E-state index in [1.165, 1.54) is 11.0 Å². The molecule has 0 radical (unpaired) electrons. The molecule has 3 fully saturated rings. The fourth-order valence-corrected chi connectivity index (χ4v) is 5.13. The van der Waals surface area contributed by atoms with E-state index in [0.717, 1.165) is 0 Å². The van der Waals surface area contributed by atoms with Gasteiger partial charge in [-0.2, -0.15) is 0 Å². The number of hydrogen-bond donors (Lipinski definition) is 1. The van der Waals surface area contributed by atoms with Gasteiger partial charge in [0.25, 0.3) is 5.91 Å². The molecule has 2 saturated heterocycles. The molecule has 1 saturated carbocycles. The third kappa shape index (κ3) is 3.55. The maximum atomic E-state index is 13.9. The van der Waals surface area contributed by atoms with E-state index in [-0.39, 0.29) is 30.0 Å². The number of imide groups is 1. The zero-order chi connectivity index (χ0) is 22.4. The van der Waals surface area contributed by atoms with Crippen LogP contribution in [0.25, 0.3) is 11.0 Å². The minimum absolute atomic E-state index is 0.0343. The van der Waals surface area contributed by atoms with Crippen molar-refractivity contribution in [2.24, 2.45) is 5.92 Å². The third-order valence-corrected chi connectivity index (χ3v) is 6.86. The Hall–Kier alpha value is -3.23. The van der Waals surface area contributed by atoms with Crippen LogP contribution in [0.5, 0.6) is 0 Å². The molecule has 3 aliphatic rings. The summed E-state index contributed by atoms with van der Waals surface area (Å²) < 4.78 is 19.1. The molecule has 9 heteroatoms. The number of para-hydroxylation sites is 1. The summed E-state index contributed by atoms with van der Waals surface area (Å²) in [5, 5.41) is 3.53. The van der Waals surface area contributed by atoms with Crippen LogP contribution in [-0.4, -0.2) is 59.0 Å². The van der Waals surface area contributed by atoms with Crippen molar-refractivity contribution in [1.82, 2.24) is 15.1 Å². The van der Waals surface area contributed by atoms with Crippen LogP contribution in [0, 0.1) is 5.92 Å². The van der Waals surface area contributed by atoms with Gasteiger partial charge in [-0.1, -0.05) is 18.2 Å². The Morgan fingerprint density at radius 1 is 1.06 bits per heavy atom. The van der Waals surface area contributed by atoms with Gasteiger partial charge in [-0.05, 0) is 44.2 Å². The molecule has 1 aromatic heterocycles. The topological polar surface area (TPSA) is 99.9 Å². The Morgan fingerprint density at radius 3 is 2.59 bits per heavy atom. The Bertz CT molecular complexity index is 1140. The average molecular weight is 441 g/mol. The number of fused-ring (bicyclic) bond motifs is 2. The fourth-order valence-electron chi connectivity index (χ4n) is 5.13. The Balaban J connectivity index is 1.28. The number of carbonyl (C=O) groups is 3. The van der Waals surface area contributed by atoms with E-state index in [4.69, 9.17) is 4.42 Å². The maximum Gasteiger partial charge on any atom is 0.349 e. The molecule has 3 unspecified atom stereocenters. The van der Waals surface area contributed by atoms with Crippen LogP contribution in [0.4, 0.5) is 9.18 Å². The number of urea groups is 1. The highest BCUT2D eigenvalue weighted by atomic mass is 19.1. The smallest absolute Gasteiger partial charge is 0.349 e. The van der Waals surface area contributed by atoms with Gasteiger partial charge in [0.15, 0.2) is 0 Å². The van der Waals surface area contributed by atoms with E-state index in [0.29, 0.717) is 49.7 Å². The number of alkyl halides is 1. The Labute approximate surface area is 183 Å². The molecule has 0 spiro atoms. The SMILES string of the molecule is O=C(c1cc2ccccc2oc1=O)N1CCC(N2C(=O)NC3CCC(F)CC3C2=O)CC1. The molecular formula is C23H24FN3O5. The van der Waals surface area contributed by atoms with E-state index < -0.39 is 29.7 Å². The lowest BCUT2D eigenvalue weighted by molar-refractivity contribution is -0.140. The molecule has 4 amide bonds. The van der Waals surface area contributed by atoms with Gasteiger partial charge in [0.2, 0.25) is 5.91 Å². The normalized spacial score (nSPS) is 26.7. The van der Waals surface area contributed by atoms with Crippen molar-refractivity contribution >= 4 is 28.8 Å². The number of nitrogens with one attached hydrogen (secondary N) is 1. The van der Waals surface area contributed by atoms with Crippen molar-refractivity contribution in [2.75, 3.05) is 13.1 Å². The summed E-state index contributed by atoms with van der Waals surface area (Å²) in [5.41, 5.74) is -0.308. The molecule has 1 N–H and O–H groups in total. The quantitative estimate of drug-likeness (QED) is 0.722. The fraction of sp³-hybridized carbons (Fsp3) is 0.478. The van der Waals surface area contributed by atoms with E-state index in [1.807, 2.05) is 0 Å². The first-order valence-corrected chi connectivity index (χ1v) is 11.0. The summed E-state index contributed by atoms with van der Waals surface area (Å²) in [6.07, 6.45) is 0.747. The molecule has 1 aromatic carbocycles. The van der Waals surface area contributed by atoms with Crippen LogP contribution < -0.4 is 10.9 Å². The molecule has 8 nitrogen and oxygen atoms in total. The molecule has 32 heavy (non-hydrogen) atoms. The highest BCUT2D eigenvalue weighted by Gasteiger charge is 2.47. The summed E-state index contributed by atoms with van der Waals surface area (Å²) >= 11 is 0. The maximum absolute atomic E-state index is 13.9. The van der Waals surface area contributed by atoms with Crippen LogP contribution in [0.2, 0.25) is 0 Å². The van der Waals surface area contributed by atoms with Gasteiger partial charge < -0.3 is 14.6 Å². The van der Waals surface area contributed by atoms with Crippen molar-refractivity contribution in [3.63, 3.8) is 0 Å². The summed E-state index contributed by atoms with van der Waals surface area (Å²) in [6.45, 7) is 0.597. The summed E-state index contributed by atoms with van der Waals surface area (Å²) in [6, 6.07) is 7.42. The number of carbonyl (C=O) groups excluding carboxylic acids is 3. The molecule has 3 heterocycles. The number of likely N-dealkylation sites (tertiary alicyclic amines) is 1. The summed E-state index contributed by atoms with van der Waals surface area (Å²) in [5.74, 6) is -1.27. The van der Waals surface area contributed by atoms with Crippen molar-refractivity contribution in [2.45, 2.75) is 50.4 Å². The summed E-state index contributed by atoms with van der Waals surface area (Å²) in [7, 11) is 0. The van der Waals surface area contributed by atoms with Gasteiger partial charge in [-0.15, -0.1) is 0 Å². The lowest BCUT2D eigenvalue weighted by Crippen LogP contribution is -2.65. The van der Waals surface area contributed by atoms with E-state index in [9.17, 15) is 23.6 Å². The Morgan fingerprint density at radius 2 is 1.81 bits per heavy atom. The van der Waals surface area contributed by atoms with Crippen molar-refractivity contribution in [3.8, 4) is 0 Å². The first kappa shape index (κ1) is 20.7. The van der Waals surface area contributed by atoms with Gasteiger partial charge in [0, 0.05) is 30.6 Å². The van der Waals surface area contributed by atoms with Crippen LogP contribution >= 0.6 is 0 Å². The second-order valence-corrected chi connectivity index (χ2v) is 8.79. The highest BCUT2D eigenvalue weighted by Crippen LogP contribution is 2.33. The molecule has 2 aromatic rings. The Kier molecular flexibility index (Phi) is 5.19. The van der Waals surface area contributed by atoms with Crippen LogP contribution in [0.1, 0.15) is 42.5 Å². The number of benzene rings is 1. The van der Waals surface area contributed by atoms with Gasteiger partial charge in [0.1, 0.15) is 17.3 Å². The predicted molar refractivity (Wildman–Crippen MR) is 113 cm³/mol. The van der Waals surface area contributed by atoms with Crippen LogP contribution in [-0.2, 0) is 4.79 Å². The second kappa shape index (κ2) is 8.03. The van der Waals surface area contributed by atoms with Crippen molar-refractivity contribution < 1.29 is 23.2 Å². The molecule has 3 atom stereocenters. The van der Waals surface area contributed by atoms with Gasteiger partial charge in [-0.3, -0.25) is 14.5 Å². The van der Waals surface area contributed by atoms with E-state index in [2.05, 4.69) is 5.32 Å². The molecule has 2 aliphatic heterocycles. The molecule has 0 bridgehead atoms. The average Bonchev–Trinajstić information content (AvgIpc) is 2.79. The highest BCUT2D eigenvalue weighted by molar-refractivity contribution is 5.99. The first-order chi connectivity index (χ1) is 15.4.